The Hall–Kier alpha value is -1.62. The van der Waals surface area contributed by atoms with E-state index in [-0.39, 0.29) is 6.10 Å². The van der Waals surface area contributed by atoms with Crippen LogP contribution in [0.4, 0.5) is 5.82 Å². The topological polar surface area (TPSA) is 61.0 Å². The van der Waals surface area contributed by atoms with Crippen LogP contribution in [-0.2, 0) is 12.8 Å². The van der Waals surface area contributed by atoms with Gasteiger partial charge in [-0.3, -0.25) is 0 Å². The van der Waals surface area contributed by atoms with Crippen LogP contribution >= 0.6 is 15.9 Å². The standard InChI is InChI=1S/C14H14BrN3O/c1-2-9-12(15)13(16)18-14(17-9)11-7-8-5-3-4-6-10(8)19-11/h3-6,11H,2,7H2,1H3,(H2,16,17,18). The molecule has 0 saturated carbocycles. The lowest BCUT2D eigenvalue weighted by Crippen LogP contribution is -2.12. The SMILES string of the molecule is CCc1nc(C2Cc3ccccc3O2)nc(N)c1Br. The number of hydrogen-bond acceptors (Lipinski definition) is 4. The number of halogens is 1. The zero-order valence-corrected chi connectivity index (χ0v) is 12.1. The number of nitrogen functional groups attached to an aromatic ring is 1. The summed E-state index contributed by atoms with van der Waals surface area (Å²) in [4.78, 5) is 8.89. The summed E-state index contributed by atoms with van der Waals surface area (Å²) in [7, 11) is 0. The number of anilines is 1. The highest BCUT2D eigenvalue weighted by atomic mass is 79.9. The van der Waals surface area contributed by atoms with Crippen molar-refractivity contribution in [1.29, 1.82) is 0 Å². The van der Waals surface area contributed by atoms with Gasteiger partial charge in [0.1, 0.15) is 11.6 Å². The zero-order valence-electron chi connectivity index (χ0n) is 10.6. The lowest BCUT2D eigenvalue weighted by molar-refractivity contribution is 0.227. The van der Waals surface area contributed by atoms with Crippen molar-refractivity contribution in [1.82, 2.24) is 9.97 Å². The summed E-state index contributed by atoms with van der Waals surface area (Å²) in [5, 5.41) is 0. The molecule has 0 amide bonds. The van der Waals surface area contributed by atoms with E-state index in [1.165, 1.54) is 5.56 Å². The van der Waals surface area contributed by atoms with Crippen molar-refractivity contribution in [3.8, 4) is 5.75 Å². The highest BCUT2D eigenvalue weighted by Crippen LogP contribution is 2.36. The Morgan fingerprint density at radius 1 is 1.37 bits per heavy atom. The number of fused-ring (bicyclic) bond motifs is 1. The quantitative estimate of drug-likeness (QED) is 0.924. The van der Waals surface area contributed by atoms with E-state index in [0.717, 1.165) is 28.8 Å². The predicted octanol–water partition coefficient (Wildman–Crippen LogP) is 3.06. The number of para-hydroxylation sites is 1. The Morgan fingerprint density at radius 3 is 2.89 bits per heavy atom. The second-order valence-corrected chi connectivity index (χ2v) is 5.29. The zero-order chi connectivity index (χ0) is 13.4. The maximum Gasteiger partial charge on any atom is 0.172 e. The van der Waals surface area contributed by atoms with Crippen LogP contribution in [-0.4, -0.2) is 9.97 Å². The molecule has 4 nitrogen and oxygen atoms in total. The number of aromatic nitrogens is 2. The van der Waals surface area contributed by atoms with Crippen molar-refractivity contribution in [2.75, 3.05) is 5.73 Å². The van der Waals surface area contributed by atoms with Crippen LogP contribution < -0.4 is 10.5 Å². The van der Waals surface area contributed by atoms with Gasteiger partial charge in [-0.15, -0.1) is 0 Å². The van der Waals surface area contributed by atoms with Crippen molar-refractivity contribution < 1.29 is 4.74 Å². The van der Waals surface area contributed by atoms with E-state index in [9.17, 15) is 0 Å². The number of nitrogens with zero attached hydrogens (tertiary/aromatic N) is 2. The van der Waals surface area contributed by atoms with E-state index in [4.69, 9.17) is 10.5 Å². The number of ether oxygens (including phenoxy) is 1. The van der Waals surface area contributed by atoms with Gasteiger partial charge in [-0.2, -0.15) is 0 Å². The van der Waals surface area contributed by atoms with Gasteiger partial charge in [-0.05, 0) is 34.0 Å². The first-order chi connectivity index (χ1) is 9.19. The second-order valence-electron chi connectivity index (χ2n) is 4.50. The van der Waals surface area contributed by atoms with E-state index < -0.39 is 0 Å². The predicted molar refractivity (Wildman–Crippen MR) is 77.0 cm³/mol. The van der Waals surface area contributed by atoms with Gasteiger partial charge in [0.15, 0.2) is 11.9 Å². The van der Waals surface area contributed by atoms with Gasteiger partial charge in [0.25, 0.3) is 0 Å². The molecule has 1 aliphatic heterocycles. The molecule has 0 radical (unpaired) electrons. The molecule has 0 saturated heterocycles. The molecule has 1 aliphatic rings. The highest BCUT2D eigenvalue weighted by Gasteiger charge is 2.27. The highest BCUT2D eigenvalue weighted by molar-refractivity contribution is 9.10. The molecule has 1 unspecified atom stereocenters. The Bertz CT molecular complexity index is 605. The monoisotopic (exact) mass is 319 g/mol. The first-order valence-corrected chi connectivity index (χ1v) is 7.04. The smallest absolute Gasteiger partial charge is 0.172 e. The van der Waals surface area contributed by atoms with Gasteiger partial charge in [-0.25, -0.2) is 9.97 Å². The summed E-state index contributed by atoms with van der Waals surface area (Å²) in [6, 6.07) is 8.02. The van der Waals surface area contributed by atoms with Crippen LogP contribution in [0.25, 0.3) is 0 Å². The normalized spacial score (nSPS) is 17.1. The Balaban J connectivity index is 1.95. The third kappa shape index (κ3) is 2.18. The lowest BCUT2D eigenvalue weighted by atomic mass is 10.1. The molecular formula is C14H14BrN3O. The summed E-state index contributed by atoms with van der Waals surface area (Å²) >= 11 is 3.42. The largest absolute Gasteiger partial charge is 0.482 e. The van der Waals surface area contributed by atoms with Crippen LogP contribution in [0.1, 0.15) is 30.1 Å². The Morgan fingerprint density at radius 2 is 2.16 bits per heavy atom. The summed E-state index contributed by atoms with van der Waals surface area (Å²) in [5.74, 6) is 2.05. The molecule has 2 N–H and O–H groups in total. The van der Waals surface area contributed by atoms with Gasteiger partial charge in [0, 0.05) is 6.42 Å². The maximum absolute atomic E-state index is 5.92. The fraction of sp³-hybridized carbons (Fsp3) is 0.286. The van der Waals surface area contributed by atoms with E-state index in [0.29, 0.717) is 11.6 Å². The average molecular weight is 320 g/mol. The second kappa shape index (κ2) is 4.81. The van der Waals surface area contributed by atoms with Crippen molar-refractivity contribution in [2.24, 2.45) is 0 Å². The number of benzene rings is 1. The van der Waals surface area contributed by atoms with Crippen LogP contribution in [0.2, 0.25) is 0 Å². The minimum Gasteiger partial charge on any atom is -0.482 e. The van der Waals surface area contributed by atoms with Crippen LogP contribution in [0.3, 0.4) is 0 Å². The van der Waals surface area contributed by atoms with E-state index >= 15 is 0 Å². The van der Waals surface area contributed by atoms with Gasteiger partial charge in [-0.1, -0.05) is 25.1 Å². The molecule has 98 valence electrons. The van der Waals surface area contributed by atoms with Crippen molar-refractivity contribution in [3.05, 3.63) is 45.8 Å². The molecule has 1 aromatic heterocycles. The van der Waals surface area contributed by atoms with Gasteiger partial charge >= 0.3 is 0 Å². The number of hydrogen-bond donors (Lipinski definition) is 1. The molecule has 0 bridgehead atoms. The minimum absolute atomic E-state index is 0.141. The first-order valence-electron chi connectivity index (χ1n) is 6.25. The summed E-state index contributed by atoms with van der Waals surface area (Å²) in [5.41, 5.74) is 8.03. The fourth-order valence-corrected chi connectivity index (χ4v) is 2.69. The van der Waals surface area contributed by atoms with Crippen molar-refractivity contribution in [2.45, 2.75) is 25.9 Å². The number of rotatable bonds is 2. The summed E-state index contributed by atoms with van der Waals surface area (Å²) < 4.78 is 6.68. The Labute approximate surface area is 120 Å². The molecule has 3 rings (SSSR count). The number of nitrogens with two attached hydrogens (primary N) is 1. The lowest BCUT2D eigenvalue weighted by Gasteiger charge is -2.12. The molecular weight excluding hydrogens is 306 g/mol. The number of aryl methyl sites for hydroxylation is 1. The minimum atomic E-state index is -0.141. The third-order valence-electron chi connectivity index (χ3n) is 3.23. The average Bonchev–Trinajstić information content (AvgIpc) is 2.85. The van der Waals surface area contributed by atoms with Crippen LogP contribution in [0, 0.1) is 0 Å². The van der Waals surface area contributed by atoms with Crippen LogP contribution in [0.15, 0.2) is 28.7 Å². The molecule has 0 spiro atoms. The maximum atomic E-state index is 5.92. The van der Waals surface area contributed by atoms with Gasteiger partial charge in [0.2, 0.25) is 0 Å². The van der Waals surface area contributed by atoms with E-state index in [1.54, 1.807) is 0 Å². The molecule has 2 heterocycles. The molecule has 1 aromatic carbocycles. The fourth-order valence-electron chi connectivity index (χ4n) is 2.24. The Kier molecular flexibility index (Phi) is 3.14. The first kappa shape index (κ1) is 12.4. The van der Waals surface area contributed by atoms with E-state index in [1.807, 2.05) is 25.1 Å². The molecule has 1 atom stereocenters. The van der Waals surface area contributed by atoms with E-state index in [2.05, 4.69) is 32.0 Å². The summed E-state index contributed by atoms with van der Waals surface area (Å²) in [6.45, 7) is 2.04. The van der Waals surface area contributed by atoms with Crippen molar-refractivity contribution in [3.63, 3.8) is 0 Å². The van der Waals surface area contributed by atoms with Gasteiger partial charge < -0.3 is 10.5 Å². The van der Waals surface area contributed by atoms with Crippen LogP contribution in [0.5, 0.6) is 5.75 Å². The summed E-state index contributed by atoms with van der Waals surface area (Å²) in [6.07, 6.45) is 1.46. The van der Waals surface area contributed by atoms with Crippen molar-refractivity contribution >= 4 is 21.7 Å². The molecule has 19 heavy (non-hydrogen) atoms. The third-order valence-corrected chi connectivity index (χ3v) is 4.10. The molecule has 0 aliphatic carbocycles. The molecule has 2 aromatic rings. The molecule has 0 fully saturated rings. The van der Waals surface area contributed by atoms with Gasteiger partial charge in [0.05, 0.1) is 10.2 Å². The molecule has 5 heteroatoms.